The summed E-state index contributed by atoms with van der Waals surface area (Å²) >= 11 is 0. The molecule has 1 unspecified atom stereocenters. The van der Waals surface area contributed by atoms with Crippen molar-refractivity contribution >= 4 is 22.5 Å². The van der Waals surface area contributed by atoms with Gasteiger partial charge in [-0.3, -0.25) is 4.79 Å². The smallest absolute Gasteiger partial charge is 0.267 e. The number of amides is 1. The van der Waals surface area contributed by atoms with Crippen LogP contribution in [0.4, 0.5) is 5.69 Å². The summed E-state index contributed by atoms with van der Waals surface area (Å²) < 4.78 is 5.28. The van der Waals surface area contributed by atoms with Crippen LogP contribution in [0.5, 0.6) is 0 Å². The van der Waals surface area contributed by atoms with Crippen LogP contribution in [0.15, 0.2) is 24.3 Å². The molecule has 1 aromatic heterocycles. The SMILES string of the molecule is Nc1cccc2cc(C(=O)NCC3CCOC3)[nH]c12. The van der Waals surface area contributed by atoms with Crippen LogP contribution in [-0.2, 0) is 4.74 Å². The van der Waals surface area contributed by atoms with E-state index >= 15 is 0 Å². The average molecular weight is 259 g/mol. The fourth-order valence-corrected chi connectivity index (χ4v) is 2.38. The van der Waals surface area contributed by atoms with Gasteiger partial charge in [0.1, 0.15) is 5.69 Å². The Kier molecular flexibility index (Phi) is 3.13. The number of aromatic nitrogens is 1. The first-order valence-electron chi connectivity index (χ1n) is 6.47. The Labute approximate surface area is 111 Å². The third-order valence-corrected chi connectivity index (χ3v) is 3.51. The summed E-state index contributed by atoms with van der Waals surface area (Å²) in [5.74, 6) is 0.334. The standard InChI is InChI=1S/C14H17N3O2/c15-11-3-1-2-10-6-12(17-13(10)11)14(18)16-7-9-4-5-19-8-9/h1-3,6,9,17H,4-5,7-8,15H2,(H,16,18). The highest BCUT2D eigenvalue weighted by atomic mass is 16.5. The molecule has 0 aliphatic carbocycles. The lowest BCUT2D eigenvalue weighted by Gasteiger charge is -2.08. The van der Waals surface area contributed by atoms with Gasteiger partial charge in [-0.2, -0.15) is 0 Å². The number of hydrogen-bond acceptors (Lipinski definition) is 3. The summed E-state index contributed by atoms with van der Waals surface area (Å²) in [4.78, 5) is 15.1. The van der Waals surface area contributed by atoms with Gasteiger partial charge in [-0.1, -0.05) is 12.1 Å². The van der Waals surface area contributed by atoms with Gasteiger partial charge in [0, 0.05) is 24.5 Å². The second-order valence-corrected chi connectivity index (χ2v) is 4.93. The highest BCUT2D eigenvalue weighted by molar-refractivity contribution is 6.00. The number of nitrogens with one attached hydrogen (secondary N) is 2. The molecule has 5 nitrogen and oxygen atoms in total. The number of nitrogens with two attached hydrogens (primary N) is 1. The molecule has 2 heterocycles. The Morgan fingerprint density at radius 3 is 3.16 bits per heavy atom. The number of anilines is 1. The van der Waals surface area contributed by atoms with E-state index in [1.807, 2.05) is 24.3 Å². The molecule has 5 heteroatoms. The largest absolute Gasteiger partial charge is 0.397 e. The molecule has 0 radical (unpaired) electrons. The molecule has 1 aliphatic rings. The van der Waals surface area contributed by atoms with Crippen molar-refractivity contribution in [3.05, 3.63) is 30.0 Å². The minimum atomic E-state index is -0.0949. The van der Waals surface area contributed by atoms with Crippen molar-refractivity contribution in [2.24, 2.45) is 5.92 Å². The minimum Gasteiger partial charge on any atom is -0.397 e. The highest BCUT2D eigenvalue weighted by Crippen LogP contribution is 2.21. The molecule has 4 N–H and O–H groups in total. The fraction of sp³-hybridized carbons (Fsp3) is 0.357. The normalized spacial score (nSPS) is 18.8. The number of aromatic amines is 1. The Bertz CT molecular complexity index is 600. The molecule has 1 fully saturated rings. The number of rotatable bonds is 3. The Morgan fingerprint density at radius 2 is 2.42 bits per heavy atom. The zero-order valence-corrected chi connectivity index (χ0v) is 10.6. The third-order valence-electron chi connectivity index (χ3n) is 3.51. The fourth-order valence-electron chi connectivity index (χ4n) is 2.38. The molecule has 1 amide bonds. The predicted octanol–water partition coefficient (Wildman–Crippen LogP) is 1.52. The van der Waals surface area contributed by atoms with Crippen molar-refractivity contribution in [2.75, 3.05) is 25.5 Å². The zero-order valence-electron chi connectivity index (χ0n) is 10.6. The van der Waals surface area contributed by atoms with Gasteiger partial charge in [-0.05, 0) is 18.6 Å². The lowest BCUT2D eigenvalue weighted by atomic mass is 10.1. The summed E-state index contributed by atoms with van der Waals surface area (Å²) in [5, 5.41) is 3.88. The maximum absolute atomic E-state index is 12.1. The number of carbonyl (C=O) groups is 1. The second kappa shape index (κ2) is 4.93. The Morgan fingerprint density at radius 1 is 1.53 bits per heavy atom. The number of hydrogen-bond donors (Lipinski definition) is 3. The highest BCUT2D eigenvalue weighted by Gasteiger charge is 2.17. The molecule has 0 spiro atoms. The molecule has 0 saturated carbocycles. The number of H-pyrrole nitrogens is 1. The molecule has 2 aromatic rings. The molecule has 1 atom stereocenters. The van der Waals surface area contributed by atoms with E-state index in [0.29, 0.717) is 23.8 Å². The van der Waals surface area contributed by atoms with E-state index in [9.17, 15) is 4.79 Å². The molecule has 1 saturated heterocycles. The van der Waals surface area contributed by atoms with E-state index in [2.05, 4.69) is 10.3 Å². The summed E-state index contributed by atoms with van der Waals surface area (Å²) in [6.07, 6.45) is 1.01. The van der Waals surface area contributed by atoms with Crippen molar-refractivity contribution in [3.63, 3.8) is 0 Å². The predicted molar refractivity (Wildman–Crippen MR) is 74.0 cm³/mol. The van der Waals surface area contributed by atoms with Gasteiger partial charge >= 0.3 is 0 Å². The van der Waals surface area contributed by atoms with E-state index in [1.165, 1.54) is 0 Å². The number of nitrogen functional groups attached to an aromatic ring is 1. The lowest BCUT2D eigenvalue weighted by Crippen LogP contribution is -2.29. The summed E-state index contributed by atoms with van der Waals surface area (Å²) in [6, 6.07) is 7.45. The van der Waals surface area contributed by atoms with Crippen LogP contribution in [0.3, 0.4) is 0 Å². The van der Waals surface area contributed by atoms with Crippen molar-refractivity contribution in [3.8, 4) is 0 Å². The van der Waals surface area contributed by atoms with Crippen molar-refractivity contribution in [1.82, 2.24) is 10.3 Å². The van der Waals surface area contributed by atoms with Gasteiger partial charge in [-0.25, -0.2) is 0 Å². The number of fused-ring (bicyclic) bond motifs is 1. The van der Waals surface area contributed by atoms with Crippen molar-refractivity contribution in [1.29, 1.82) is 0 Å². The summed E-state index contributed by atoms with van der Waals surface area (Å²) in [6.45, 7) is 2.19. The number of ether oxygens (including phenoxy) is 1. The number of benzene rings is 1. The van der Waals surface area contributed by atoms with Crippen molar-refractivity contribution in [2.45, 2.75) is 6.42 Å². The maximum Gasteiger partial charge on any atom is 0.267 e. The van der Waals surface area contributed by atoms with Crippen LogP contribution < -0.4 is 11.1 Å². The van der Waals surface area contributed by atoms with Gasteiger partial charge in [0.2, 0.25) is 0 Å². The number of carbonyl (C=O) groups excluding carboxylic acids is 1. The van der Waals surface area contributed by atoms with Crippen LogP contribution in [0.1, 0.15) is 16.9 Å². The molecule has 19 heavy (non-hydrogen) atoms. The summed E-state index contributed by atoms with van der Waals surface area (Å²) in [5.41, 5.74) is 7.88. The molecular formula is C14H17N3O2. The molecule has 0 bridgehead atoms. The topological polar surface area (TPSA) is 80.1 Å². The maximum atomic E-state index is 12.1. The van der Waals surface area contributed by atoms with Gasteiger partial charge in [0.25, 0.3) is 5.91 Å². The van der Waals surface area contributed by atoms with E-state index in [-0.39, 0.29) is 5.91 Å². The van der Waals surface area contributed by atoms with Crippen LogP contribution in [0.2, 0.25) is 0 Å². The van der Waals surface area contributed by atoms with Crippen LogP contribution in [-0.4, -0.2) is 30.6 Å². The molecule has 1 aromatic carbocycles. The van der Waals surface area contributed by atoms with Gasteiger partial charge in [0.05, 0.1) is 17.8 Å². The van der Waals surface area contributed by atoms with Crippen LogP contribution in [0, 0.1) is 5.92 Å². The van der Waals surface area contributed by atoms with Crippen LogP contribution in [0.25, 0.3) is 10.9 Å². The van der Waals surface area contributed by atoms with Gasteiger partial charge < -0.3 is 20.8 Å². The third kappa shape index (κ3) is 2.42. The minimum absolute atomic E-state index is 0.0949. The zero-order chi connectivity index (χ0) is 13.2. The first-order valence-corrected chi connectivity index (χ1v) is 6.47. The van der Waals surface area contributed by atoms with Gasteiger partial charge in [-0.15, -0.1) is 0 Å². The van der Waals surface area contributed by atoms with Crippen LogP contribution >= 0.6 is 0 Å². The Balaban J connectivity index is 1.72. The van der Waals surface area contributed by atoms with E-state index in [0.717, 1.165) is 30.5 Å². The Hall–Kier alpha value is -2.01. The van der Waals surface area contributed by atoms with Crippen molar-refractivity contribution < 1.29 is 9.53 Å². The molecule has 1 aliphatic heterocycles. The molecule has 3 rings (SSSR count). The van der Waals surface area contributed by atoms with E-state index in [1.54, 1.807) is 0 Å². The lowest BCUT2D eigenvalue weighted by molar-refractivity contribution is 0.0941. The number of para-hydroxylation sites is 1. The molecular weight excluding hydrogens is 242 g/mol. The monoisotopic (exact) mass is 259 g/mol. The first-order chi connectivity index (χ1) is 9.24. The van der Waals surface area contributed by atoms with Gasteiger partial charge in [0.15, 0.2) is 0 Å². The second-order valence-electron chi connectivity index (χ2n) is 4.93. The summed E-state index contributed by atoms with van der Waals surface area (Å²) in [7, 11) is 0. The quantitative estimate of drug-likeness (QED) is 0.731. The first kappa shape index (κ1) is 12.0. The molecule has 100 valence electrons. The average Bonchev–Trinajstić information content (AvgIpc) is 3.05. The van der Waals surface area contributed by atoms with E-state index in [4.69, 9.17) is 10.5 Å². The van der Waals surface area contributed by atoms with E-state index < -0.39 is 0 Å².